The molecule has 0 aromatic carbocycles. The van der Waals surface area contributed by atoms with E-state index in [1.54, 1.807) is 7.11 Å². The molecular formula is C16H32N2O2. The highest BCUT2D eigenvalue weighted by Gasteiger charge is 2.40. The van der Waals surface area contributed by atoms with Crippen LogP contribution in [0, 0.1) is 11.3 Å². The Morgan fingerprint density at radius 1 is 1.45 bits per heavy atom. The van der Waals surface area contributed by atoms with E-state index in [1.165, 1.54) is 19.3 Å². The van der Waals surface area contributed by atoms with Crippen LogP contribution < -0.4 is 5.32 Å². The van der Waals surface area contributed by atoms with Crippen molar-refractivity contribution in [1.29, 1.82) is 0 Å². The predicted molar refractivity (Wildman–Crippen MR) is 82.0 cm³/mol. The quantitative estimate of drug-likeness (QED) is 0.663. The number of nitrogens with one attached hydrogen (secondary N) is 1. The molecule has 1 N–H and O–H groups in total. The van der Waals surface area contributed by atoms with E-state index in [4.69, 9.17) is 9.47 Å². The molecule has 0 aromatic heterocycles. The van der Waals surface area contributed by atoms with Gasteiger partial charge in [0.25, 0.3) is 0 Å². The molecule has 2 unspecified atom stereocenters. The molecule has 2 atom stereocenters. The molecule has 0 bridgehead atoms. The van der Waals surface area contributed by atoms with Crippen molar-refractivity contribution in [3.05, 3.63) is 0 Å². The molecule has 0 aromatic rings. The fraction of sp³-hybridized carbons (Fsp3) is 1.00. The molecule has 4 nitrogen and oxygen atoms in total. The van der Waals surface area contributed by atoms with Crippen molar-refractivity contribution < 1.29 is 9.47 Å². The zero-order valence-corrected chi connectivity index (χ0v) is 13.5. The van der Waals surface area contributed by atoms with E-state index in [1.807, 2.05) is 0 Å². The van der Waals surface area contributed by atoms with Crippen LogP contribution in [0.2, 0.25) is 0 Å². The minimum atomic E-state index is 0.299. The van der Waals surface area contributed by atoms with Gasteiger partial charge in [-0.3, -0.25) is 4.90 Å². The van der Waals surface area contributed by atoms with Crippen LogP contribution in [0.4, 0.5) is 0 Å². The summed E-state index contributed by atoms with van der Waals surface area (Å²) in [6, 6.07) is 0.684. The van der Waals surface area contributed by atoms with E-state index in [0.29, 0.717) is 11.5 Å². The Morgan fingerprint density at radius 2 is 2.25 bits per heavy atom. The standard InChI is InChI=1S/C16H32N2O2/c1-4-17-11-16(7-9-20-13-16)12-18(8-10-19-3)14(2)15-5-6-15/h14-15,17H,4-13H2,1-3H3. The van der Waals surface area contributed by atoms with Gasteiger partial charge in [0.2, 0.25) is 0 Å². The lowest BCUT2D eigenvalue weighted by molar-refractivity contribution is 0.0609. The molecule has 4 heteroatoms. The molecule has 20 heavy (non-hydrogen) atoms. The molecule has 118 valence electrons. The van der Waals surface area contributed by atoms with Gasteiger partial charge in [-0.1, -0.05) is 6.92 Å². The Bertz CT molecular complexity index is 276. The third-order valence-electron chi connectivity index (χ3n) is 4.94. The average molecular weight is 284 g/mol. The van der Waals surface area contributed by atoms with Gasteiger partial charge in [0.05, 0.1) is 13.2 Å². The third kappa shape index (κ3) is 4.42. The van der Waals surface area contributed by atoms with Crippen molar-refractivity contribution in [2.75, 3.05) is 53.1 Å². The van der Waals surface area contributed by atoms with Crippen LogP contribution >= 0.6 is 0 Å². The molecule has 1 aliphatic carbocycles. The number of hydrogen-bond donors (Lipinski definition) is 1. The fourth-order valence-corrected chi connectivity index (χ4v) is 3.30. The van der Waals surface area contributed by atoms with E-state index in [9.17, 15) is 0 Å². The fourth-order valence-electron chi connectivity index (χ4n) is 3.30. The summed E-state index contributed by atoms with van der Waals surface area (Å²) in [5.41, 5.74) is 0.299. The first-order valence-electron chi connectivity index (χ1n) is 8.22. The van der Waals surface area contributed by atoms with Gasteiger partial charge in [0.15, 0.2) is 0 Å². The molecule has 1 heterocycles. The largest absolute Gasteiger partial charge is 0.383 e. The Hall–Kier alpha value is -0.160. The van der Waals surface area contributed by atoms with Crippen molar-refractivity contribution in [3.63, 3.8) is 0 Å². The lowest BCUT2D eigenvalue weighted by Crippen LogP contribution is -2.49. The van der Waals surface area contributed by atoms with Gasteiger partial charge in [0, 0.05) is 44.8 Å². The van der Waals surface area contributed by atoms with Gasteiger partial charge in [-0.05, 0) is 38.6 Å². The summed E-state index contributed by atoms with van der Waals surface area (Å²) in [4.78, 5) is 2.65. The first-order chi connectivity index (χ1) is 9.71. The minimum Gasteiger partial charge on any atom is -0.383 e. The van der Waals surface area contributed by atoms with Gasteiger partial charge in [-0.2, -0.15) is 0 Å². The molecule has 2 rings (SSSR count). The Morgan fingerprint density at radius 3 is 2.80 bits per heavy atom. The summed E-state index contributed by atoms with van der Waals surface area (Å²) >= 11 is 0. The molecule has 2 fully saturated rings. The highest BCUT2D eigenvalue weighted by molar-refractivity contribution is 4.92. The maximum Gasteiger partial charge on any atom is 0.0589 e. The van der Waals surface area contributed by atoms with Crippen LogP contribution in [-0.2, 0) is 9.47 Å². The van der Waals surface area contributed by atoms with Crippen LogP contribution in [-0.4, -0.2) is 64.1 Å². The molecule has 0 radical (unpaired) electrons. The van der Waals surface area contributed by atoms with Crippen LogP contribution in [0.25, 0.3) is 0 Å². The lowest BCUT2D eigenvalue weighted by Gasteiger charge is -2.38. The summed E-state index contributed by atoms with van der Waals surface area (Å²) in [6.07, 6.45) is 3.99. The summed E-state index contributed by atoms with van der Waals surface area (Å²) in [5.74, 6) is 0.908. The van der Waals surface area contributed by atoms with Gasteiger partial charge in [-0.25, -0.2) is 0 Å². The third-order valence-corrected chi connectivity index (χ3v) is 4.94. The zero-order valence-electron chi connectivity index (χ0n) is 13.5. The van der Waals surface area contributed by atoms with Gasteiger partial charge >= 0.3 is 0 Å². The van der Waals surface area contributed by atoms with E-state index >= 15 is 0 Å². The molecular weight excluding hydrogens is 252 g/mol. The lowest BCUT2D eigenvalue weighted by atomic mass is 9.85. The van der Waals surface area contributed by atoms with E-state index < -0.39 is 0 Å². The number of hydrogen-bond acceptors (Lipinski definition) is 4. The topological polar surface area (TPSA) is 33.7 Å². The van der Waals surface area contributed by atoms with Crippen LogP contribution in [0.1, 0.15) is 33.1 Å². The Kier molecular flexibility index (Phi) is 6.27. The van der Waals surface area contributed by atoms with Crippen molar-refractivity contribution in [1.82, 2.24) is 10.2 Å². The highest BCUT2D eigenvalue weighted by atomic mass is 16.5. The SMILES string of the molecule is CCNCC1(CN(CCOC)C(C)C2CC2)CCOC1. The maximum atomic E-state index is 5.72. The van der Waals surface area contributed by atoms with Crippen molar-refractivity contribution in [3.8, 4) is 0 Å². The molecule has 1 saturated carbocycles. The molecule has 1 saturated heterocycles. The number of nitrogens with zero attached hydrogens (tertiary/aromatic N) is 1. The number of ether oxygens (including phenoxy) is 2. The monoisotopic (exact) mass is 284 g/mol. The van der Waals surface area contributed by atoms with Gasteiger partial charge < -0.3 is 14.8 Å². The van der Waals surface area contributed by atoms with Crippen LogP contribution in [0.3, 0.4) is 0 Å². The van der Waals surface area contributed by atoms with E-state index in [0.717, 1.165) is 51.9 Å². The zero-order chi connectivity index (χ0) is 14.4. The summed E-state index contributed by atoms with van der Waals surface area (Å²) in [7, 11) is 1.80. The Labute approximate surface area is 124 Å². The molecule has 2 aliphatic rings. The van der Waals surface area contributed by atoms with Crippen molar-refractivity contribution >= 4 is 0 Å². The smallest absolute Gasteiger partial charge is 0.0589 e. The maximum absolute atomic E-state index is 5.72. The summed E-state index contributed by atoms with van der Waals surface area (Å²) in [6.45, 7) is 11.5. The highest BCUT2D eigenvalue weighted by Crippen LogP contribution is 2.37. The predicted octanol–water partition coefficient (Wildman–Crippen LogP) is 1.75. The normalized spacial score (nSPS) is 28.2. The second kappa shape index (κ2) is 7.74. The van der Waals surface area contributed by atoms with Crippen molar-refractivity contribution in [2.24, 2.45) is 11.3 Å². The minimum absolute atomic E-state index is 0.299. The summed E-state index contributed by atoms with van der Waals surface area (Å²) < 4.78 is 11.0. The number of rotatable bonds is 10. The number of methoxy groups -OCH3 is 1. The Balaban J connectivity index is 1.95. The molecule has 0 spiro atoms. The van der Waals surface area contributed by atoms with Crippen molar-refractivity contribution in [2.45, 2.75) is 39.2 Å². The first-order valence-corrected chi connectivity index (χ1v) is 8.22. The van der Waals surface area contributed by atoms with Crippen LogP contribution in [0.15, 0.2) is 0 Å². The van der Waals surface area contributed by atoms with Gasteiger partial charge in [0.1, 0.15) is 0 Å². The van der Waals surface area contributed by atoms with E-state index in [2.05, 4.69) is 24.1 Å². The second-order valence-corrected chi connectivity index (χ2v) is 6.62. The average Bonchev–Trinajstić information content (AvgIpc) is 3.21. The molecule has 1 aliphatic heterocycles. The molecule has 0 amide bonds. The van der Waals surface area contributed by atoms with Crippen LogP contribution in [0.5, 0.6) is 0 Å². The van der Waals surface area contributed by atoms with Gasteiger partial charge in [-0.15, -0.1) is 0 Å². The second-order valence-electron chi connectivity index (χ2n) is 6.62. The summed E-state index contributed by atoms with van der Waals surface area (Å²) in [5, 5.41) is 3.54. The van der Waals surface area contributed by atoms with E-state index in [-0.39, 0.29) is 0 Å². The first kappa shape index (κ1) is 16.2.